The minimum absolute atomic E-state index is 0.0349. The number of carbonyl (C=O) groups excluding carboxylic acids is 1. The third-order valence-corrected chi connectivity index (χ3v) is 2.02. The van der Waals surface area contributed by atoms with Crippen molar-refractivity contribution in [1.82, 2.24) is 4.90 Å². The number of likely N-dealkylation sites (tertiary alicyclic amines) is 1. The molecule has 2 N–H and O–H groups in total. The van der Waals surface area contributed by atoms with E-state index in [2.05, 4.69) is 4.84 Å². The Hall–Kier alpha value is -0.610. The van der Waals surface area contributed by atoms with E-state index in [4.69, 9.17) is 5.90 Å². The summed E-state index contributed by atoms with van der Waals surface area (Å²) in [5, 5.41) is 0. The number of nitrogens with two attached hydrogens (primary N) is 1. The molecule has 1 aliphatic rings. The minimum Gasteiger partial charge on any atom is -0.340 e. The predicted molar refractivity (Wildman–Crippen MR) is 40.5 cm³/mol. The Bertz CT molecular complexity index is 149. The van der Waals surface area contributed by atoms with Gasteiger partial charge in [-0.3, -0.25) is 9.63 Å². The van der Waals surface area contributed by atoms with Crippen LogP contribution >= 0.6 is 0 Å². The molecule has 4 nitrogen and oxygen atoms in total. The molecule has 0 spiro atoms. The Labute approximate surface area is 66.3 Å². The second-order valence-electron chi connectivity index (χ2n) is 2.87. The van der Waals surface area contributed by atoms with Crippen molar-refractivity contribution in [3.8, 4) is 0 Å². The summed E-state index contributed by atoms with van der Waals surface area (Å²) in [5.41, 5.74) is 0. The molecule has 1 amide bonds. The molecule has 0 aliphatic carbocycles. The van der Waals surface area contributed by atoms with Gasteiger partial charge in [-0.05, 0) is 12.8 Å². The normalized spacial score (nSPS) is 25.3. The van der Waals surface area contributed by atoms with Crippen molar-refractivity contribution in [2.24, 2.45) is 5.90 Å². The van der Waals surface area contributed by atoms with Crippen LogP contribution in [0.2, 0.25) is 0 Å². The Morgan fingerprint density at radius 2 is 2.45 bits per heavy atom. The molecule has 1 saturated heterocycles. The van der Waals surface area contributed by atoms with Crippen LogP contribution in [-0.2, 0) is 9.63 Å². The lowest BCUT2D eigenvalue weighted by atomic mass is 10.1. The molecular weight excluding hydrogens is 144 g/mol. The molecule has 0 saturated carbocycles. The van der Waals surface area contributed by atoms with Crippen molar-refractivity contribution in [3.05, 3.63) is 0 Å². The van der Waals surface area contributed by atoms with Crippen LogP contribution in [0.5, 0.6) is 0 Å². The van der Waals surface area contributed by atoms with Gasteiger partial charge in [0.25, 0.3) is 0 Å². The van der Waals surface area contributed by atoms with Crippen LogP contribution < -0.4 is 5.90 Å². The summed E-state index contributed by atoms with van der Waals surface area (Å²) in [6.07, 6.45) is 1.98. The van der Waals surface area contributed by atoms with Crippen LogP contribution in [-0.4, -0.2) is 30.0 Å². The Balaban J connectivity index is 2.39. The molecule has 0 bridgehead atoms. The van der Waals surface area contributed by atoms with Gasteiger partial charge in [-0.15, -0.1) is 0 Å². The topological polar surface area (TPSA) is 55.6 Å². The molecule has 1 fully saturated rings. The molecule has 0 aromatic carbocycles. The molecule has 1 atom stereocenters. The van der Waals surface area contributed by atoms with Crippen molar-refractivity contribution in [2.45, 2.75) is 25.9 Å². The third-order valence-electron chi connectivity index (χ3n) is 2.02. The van der Waals surface area contributed by atoms with Crippen LogP contribution in [0.25, 0.3) is 0 Å². The summed E-state index contributed by atoms with van der Waals surface area (Å²) in [7, 11) is 0. The Morgan fingerprint density at radius 1 is 1.73 bits per heavy atom. The third kappa shape index (κ3) is 2.17. The second-order valence-corrected chi connectivity index (χ2v) is 2.87. The second kappa shape index (κ2) is 3.69. The zero-order chi connectivity index (χ0) is 8.27. The van der Waals surface area contributed by atoms with Crippen molar-refractivity contribution in [2.75, 3.05) is 13.1 Å². The largest absolute Gasteiger partial charge is 0.340 e. The van der Waals surface area contributed by atoms with Crippen LogP contribution in [0.1, 0.15) is 19.8 Å². The van der Waals surface area contributed by atoms with E-state index < -0.39 is 0 Å². The fraction of sp³-hybridized carbons (Fsp3) is 0.857. The maximum Gasteiger partial charge on any atom is 0.219 e. The highest BCUT2D eigenvalue weighted by atomic mass is 16.6. The molecule has 1 rings (SSSR count). The number of nitrogens with zero attached hydrogens (tertiary/aromatic N) is 1. The lowest BCUT2D eigenvalue weighted by Crippen LogP contribution is -2.43. The molecule has 64 valence electrons. The number of amides is 1. The molecule has 0 aromatic heterocycles. The predicted octanol–water partition coefficient (Wildman–Crippen LogP) is -0.112. The quantitative estimate of drug-likeness (QED) is 0.542. The van der Waals surface area contributed by atoms with Gasteiger partial charge in [-0.2, -0.15) is 0 Å². The number of hydrogen-bond donors (Lipinski definition) is 1. The van der Waals surface area contributed by atoms with Gasteiger partial charge in [-0.1, -0.05) is 0 Å². The van der Waals surface area contributed by atoms with Crippen LogP contribution in [0.4, 0.5) is 0 Å². The number of piperidine rings is 1. The van der Waals surface area contributed by atoms with Crippen LogP contribution in [0.3, 0.4) is 0 Å². The summed E-state index contributed by atoms with van der Waals surface area (Å²) in [5.74, 6) is 5.13. The molecule has 1 aliphatic heterocycles. The van der Waals surface area contributed by atoms with E-state index in [0.717, 1.165) is 19.4 Å². The van der Waals surface area contributed by atoms with E-state index in [1.165, 1.54) is 0 Å². The number of carbonyl (C=O) groups is 1. The van der Waals surface area contributed by atoms with E-state index >= 15 is 0 Å². The highest BCUT2D eigenvalue weighted by Crippen LogP contribution is 2.11. The van der Waals surface area contributed by atoms with E-state index in [9.17, 15) is 4.79 Å². The van der Waals surface area contributed by atoms with Gasteiger partial charge < -0.3 is 4.90 Å². The first kappa shape index (κ1) is 8.49. The van der Waals surface area contributed by atoms with E-state index in [0.29, 0.717) is 6.54 Å². The molecule has 1 unspecified atom stereocenters. The van der Waals surface area contributed by atoms with Crippen molar-refractivity contribution >= 4 is 5.91 Å². The van der Waals surface area contributed by atoms with E-state index in [1.54, 1.807) is 11.8 Å². The maximum atomic E-state index is 10.9. The van der Waals surface area contributed by atoms with Gasteiger partial charge >= 0.3 is 0 Å². The zero-order valence-electron chi connectivity index (χ0n) is 6.75. The minimum atomic E-state index is 0.0349. The monoisotopic (exact) mass is 158 g/mol. The smallest absolute Gasteiger partial charge is 0.219 e. The van der Waals surface area contributed by atoms with E-state index in [-0.39, 0.29) is 12.0 Å². The van der Waals surface area contributed by atoms with Gasteiger partial charge in [0.1, 0.15) is 0 Å². The number of rotatable bonds is 1. The summed E-state index contributed by atoms with van der Waals surface area (Å²) in [6.45, 7) is 3.06. The van der Waals surface area contributed by atoms with Crippen molar-refractivity contribution in [3.63, 3.8) is 0 Å². The maximum absolute atomic E-state index is 10.9. The standard InChI is InChI=1S/C7H14N2O2/c1-6(10)9-4-2-3-7(5-9)11-8/h7H,2-5,8H2,1H3. The molecule has 0 radical (unpaired) electrons. The van der Waals surface area contributed by atoms with Crippen molar-refractivity contribution in [1.29, 1.82) is 0 Å². The number of hydrogen-bond acceptors (Lipinski definition) is 3. The summed E-state index contributed by atoms with van der Waals surface area (Å²) in [6, 6.07) is 0. The molecule has 11 heavy (non-hydrogen) atoms. The summed E-state index contributed by atoms with van der Waals surface area (Å²) < 4.78 is 0. The lowest BCUT2D eigenvalue weighted by Gasteiger charge is -2.30. The average molecular weight is 158 g/mol. The van der Waals surface area contributed by atoms with Gasteiger partial charge in [-0.25, -0.2) is 5.90 Å². The SMILES string of the molecule is CC(=O)N1CCCC(ON)C1. The Kier molecular flexibility index (Phi) is 2.84. The first-order chi connectivity index (χ1) is 5.24. The highest BCUT2D eigenvalue weighted by Gasteiger charge is 2.20. The van der Waals surface area contributed by atoms with Crippen molar-refractivity contribution < 1.29 is 9.63 Å². The highest BCUT2D eigenvalue weighted by molar-refractivity contribution is 5.73. The molecule has 0 aromatic rings. The van der Waals surface area contributed by atoms with E-state index in [1.807, 2.05) is 0 Å². The average Bonchev–Trinajstić information content (AvgIpc) is 2.05. The summed E-state index contributed by atoms with van der Waals surface area (Å²) >= 11 is 0. The van der Waals surface area contributed by atoms with Gasteiger partial charge in [0.2, 0.25) is 5.91 Å². The summed E-state index contributed by atoms with van der Waals surface area (Å²) in [4.78, 5) is 17.3. The zero-order valence-corrected chi connectivity index (χ0v) is 6.75. The molecule has 1 heterocycles. The lowest BCUT2D eigenvalue weighted by molar-refractivity contribution is -0.133. The fourth-order valence-corrected chi connectivity index (χ4v) is 1.34. The van der Waals surface area contributed by atoms with Gasteiger partial charge in [0.05, 0.1) is 6.10 Å². The fourth-order valence-electron chi connectivity index (χ4n) is 1.34. The molecular formula is C7H14N2O2. The Morgan fingerprint density at radius 3 is 3.00 bits per heavy atom. The van der Waals surface area contributed by atoms with Gasteiger partial charge in [0.15, 0.2) is 0 Å². The first-order valence-corrected chi connectivity index (χ1v) is 3.85. The van der Waals surface area contributed by atoms with Crippen LogP contribution in [0.15, 0.2) is 0 Å². The van der Waals surface area contributed by atoms with Crippen LogP contribution in [0, 0.1) is 0 Å². The van der Waals surface area contributed by atoms with Gasteiger partial charge in [0, 0.05) is 20.0 Å². The first-order valence-electron chi connectivity index (χ1n) is 3.85. The molecule has 4 heteroatoms.